The first-order valence-electron chi connectivity index (χ1n) is 7.36. The number of hydrogen-bond donors (Lipinski definition) is 1. The predicted molar refractivity (Wildman–Crippen MR) is 85.2 cm³/mol. The first-order valence-corrected chi connectivity index (χ1v) is 9.18. The lowest BCUT2D eigenvalue weighted by molar-refractivity contribution is -0.124. The van der Waals surface area contributed by atoms with Crippen molar-refractivity contribution in [1.82, 2.24) is 10.3 Å². The third kappa shape index (κ3) is 3.27. The van der Waals surface area contributed by atoms with E-state index < -0.39 is 15.8 Å². The van der Waals surface area contributed by atoms with Crippen LogP contribution in [0.5, 0.6) is 0 Å². The maximum absolute atomic E-state index is 12.0. The van der Waals surface area contributed by atoms with E-state index in [1.54, 1.807) is 6.20 Å². The second kappa shape index (κ2) is 6.04. The van der Waals surface area contributed by atoms with Crippen LogP contribution in [0.3, 0.4) is 0 Å². The average molecular weight is 318 g/mol. The number of para-hydroxylation sites is 1. The molecule has 2 aromatic rings. The number of pyridine rings is 1. The van der Waals surface area contributed by atoms with Gasteiger partial charge in [0.1, 0.15) is 0 Å². The normalized spacial score (nSPS) is 20.1. The highest BCUT2D eigenvalue weighted by Gasteiger charge is 2.32. The van der Waals surface area contributed by atoms with Crippen LogP contribution in [0, 0.1) is 5.92 Å². The molecule has 6 heteroatoms. The van der Waals surface area contributed by atoms with E-state index in [-0.39, 0.29) is 17.4 Å². The number of amides is 1. The lowest BCUT2D eigenvalue weighted by atomic mass is 10.1. The molecular weight excluding hydrogens is 300 g/mol. The highest BCUT2D eigenvalue weighted by atomic mass is 32.2. The molecule has 0 unspecified atom stereocenters. The van der Waals surface area contributed by atoms with Crippen LogP contribution in [0.1, 0.15) is 12.0 Å². The highest BCUT2D eigenvalue weighted by Crippen LogP contribution is 2.19. The summed E-state index contributed by atoms with van der Waals surface area (Å²) in [6, 6.07) is 9.89. The standard InChI is InChI=1S/C16H18N2O3S/c19-16(14-7-10-22(20,21)11-14)18-9-6-13-4-1-3-12-5-2-8-17-15(12)13/h1-5,8,14H,6-7,9-11H2,(H,18,19)/t14-/m1/s1. The van der Waals surface area contributed by atoms with Gasteiger partial charge in [-0.3, -0.25) is 9.78 Å². The monoisotopic (exact) mass is 318 g/mol. The van der Waals surface area contributed by atoms with Gasteiger partial charge in [-0.2, -0.15) is 0 Å². The topological polar surface area (TPSA) is 76.1 Å². The van der Waals surface area contributed by atoms with Gasteiger partial charge in [0.2, 0.25) is 5.91 Å². The van der Waals surface area contributed by atoms with Gasteiger partial charge in [0.05, 0.1) is 22.9 Å². The molecule has 5 nitrogen and oxygen atoms in total. The first kappa shape index (κ1) is 15.0. The lowest BCUT2D eigenvalue weighted by Crippen LogP contribution is -2.32. The minimum atomic E-state index is -3.02. The van der Waals surface area contributed by atoms with E-state index in [0.29, 0.717) is 19.4 Å². The molecule has 1 atom stereocenters. The fourth-order valence-corrected chi connectivity index (χ4v) is 4.58. The van der Waals surface area contributed by atoms with Crippen LogP contribution in [0.4, 0.5) is 0 Å². The molecule has 0 radical (unpaired) electrons. The summed E-state index contributed by atoms with van der Waals surface area (Å²) in [4.78, 5) is 16.4. The van der Waals surface area contributed by atoms with Gasteiger partial charge in [0, 0.05) is 18.1 Å². The van der Waals surface area contributed by atoms with Gasteiger partial charge in [0.15, 0.2) is 9.84 Å². The quantitative estimate of drug-likeness (QED) is 0.922. The molecule has 1 aromatic heterocycles. The Morgan fingerprint density at radius 1 is 1.27 bits per heavy atom. The minimum Gasteiger partial charge on any atom is -0.356 e. The number of benzene rings is 1. The summed E-state index contributed by atoms with van der Waals surface area (Å²) >= 11 is 0. The lowest BCUT2D eigenvalue weighted by Gasteiger charge is -2.10. The van der Waals surface area contributed by atoms with Gasteiger partial charge in [-0.25, -0.2) is 8.42 Å². The van der Waals surface area contributed by atoms with Crippen LogP contribution < -0.4 is 5.32 Å². The molecular formula is C16H18N2O3S. The number of nitrogens with one attached hydrogen (secondary N) is 1. The van der Waals surface area contributed by atoms with Crippen LogP contribution >= 0.6 is 0 Å². The van der Waals surface area contributed by atoms with Crippen LogP contribution in [-0.4, -0.2) is 37.4 Å². The van der Waals surface area contributed by atoms with Crippen molar-refractivity contribution in [3.05, 3.63) is 42.1 Å². The van der Waals surface area contributed by atoms with Gasteiger partial charge < -0.3 is 5.32 Å². The number of nitrogens with zero attached hydrogens (tertiary/aromatic N) is 1. The molecule has 1 fully saturated rings. The van der Waals surface area contributed by atoms with Crippen LogP contribution in [0.25, 0.3) is 10.9 Å². The second-order valence-electron chi connectivity index (χ2n) is 5.63. The van der Waals surface area contributed by atoms with Crippen molar-refractivity contribution in [2.24, 2.45) is 5.92 Å². The summed E-state index contributed by atoms with van der Waals surface area (Å²) < 4.78 is 22.8. The van der Waals surface area contributed by atoms with Gasteiger partial charge in [-0.1, -0.05) is 24.3 Å². The maximum atomic E-state index is 12.0. The molecule has 0 bridgehead atoms. The van der Waals surface area contributed by atoms with Crippen molar-refractivity contribution in [2.45, 2.75) is 12.8 Å². The van der Waals surface area contributed by atoms with Gasteiger partial charge >= 0.3 is 0 Å². The van der Waals surface area contributed by atoms with Crippen molar-refractivity contribution < 1.29 is 13.2 Å². The zero-order valence-electron chi connectivity index (χ0n) is 12.2. The number of fused-ring (bicyclic) bond motifs is 1. The maximum Gasteiger partial charge on any atom is 0.224 e. The van der Waals surface area contributed by atoms with Crippen molar-refractivity contribution in [3.63, 3.8) is 0 Å². The summed E-state index contributed by atoms with van der Waals surface area (Å²) in [7, 11) is -3.02. The fraction of sp³-hybridized carbons (Fsp3) is 0.375. The Balaban J connectivity index is 1.60. The minimum absolute atomic E-state index is 0.0192. The molecule has 1 N–H and O–H groups in total. The molecule has 1 aromatic carbocycles. The summed E-state index contributed by atoms with van der Waals surface area (Å²) in [5.74, 6) is -0.447. The molecule has 1 aliphatic heterocycles. The Labute approximate surface area is 129 Å². The molecule has 3 rings (SSSR count). The summed E-state index contributed by atoms with van der Waals surface area (Å²) in [5.41, 5.74) is 2.03. The Morgan fingerprint density at radius 3 is 2.86 bits per heavy atom. The largest absolute Gasteiger partial charge is 0.356 e. The molecule has 1 saturated heterocycles. The van der Waals surface area contributed by atoms with Crippen molar-refractivity contribution in [1.29, 1.82) is 0 Å². The fourth-order valence-electron chi connectivity index (χ4n) is 2.84. The van der Waals surface area contributed by atoms with Crippen molar-refractivity contribution in [3.8, 4) is 0 Å². The van der Waals surface area contributed by atoms with E-state index >= 15 is 0 Å². The van der Waals surface area contributed by atoms with Gasteiger partial charge in [0.25, 0.3) is 0 Å². The van der Waals surface area contributed by atoms with E-state index in [4.69, 9.17) is 0 Å². The Bertz CT molecular complexity index is 797. The SMILES string of the molecule is O=C(NCCc1cccc2cccnc12)[C@@H]1CCS(=O)(=O)C1. The van der Waals surface area contributed by atoms with E-state index in [2.05, 4.69) is 10.3 Å². The molecule has 2 heterocycles. The van der Waals surface area contributed by atoms with E-state index in [1.165, 1.54) is 0 Å². The molecule has 22 heavy (non-hydrogen) atoms. The average Bonchev–Trinajstić information content (AvgIpc) is 2.88. The molecule has 1 amide bonds. The van der Waals surface area contributed by atoms with Crippen LogP contribution in [-0.2, 0) is 21.1 Å². The van der Waals surface area contributed by atoms with Crippen molar-refractivity contribution in [2.75, 3.05) is 18.1 Å². The van der Waals surface area contributed by atoms with E-state index in [0.717, 1.165) is 16.5 Å². The van der Waals surface area contributed by atoms with Crippen molar-refractivity contribution >= 4 is 26.6 Å². The smallest absolute Gasteiger partial charge is 0.224 e. The second-order valence-corrected chi connectivity index (χ2v) is 7.86. The molecule has 1 aliphatic rings. The van der Waals surface area contributed by atoms with Gasteiger partial charge in [-0.05, 0) is 24.5 Å². The van der Waals surface area contributed by atoms with E-state index in [1.807, 2.05) is 30.3 Å². The first-order chi connectivity index (χ1) is 10.6. The summed E-state index contributed by atoms with van der Waals surface area (Å²) in [5, 5.41) is 3.92. The predicted octanol–water partition coefficient (Wildman–Crippen LogP) is 1.33. The third-order valence-electron chi connectivity index (χ3n) is 4.01. The Kier molecular flexibility index (Phi) is 4.11. The van der Waals surface area contributed by atoms with Crippen LogP contribution in [0.15, 0.2) is 36.5 Å². The zero-order chi connectivity index (χ0) is 15.6. The number of sulfone groups is 1. The van der Waals surface area contributed by atoms with Gasteiger partial charge in [-0.15, -0.1) is 0 Å². The zero-order valence-corrected chi connectivity index (χ0v) is 13.0. The number of hydrogen-bond acceptors (Lipinski definition) is 4. The highest BCUT2D eigenvalue weighted by molar-refractivity contribution is 7.91. The summed E-state index contributed by atoms with van der Waals surface area (Å²) in [6.07, 6.45) is 2.87. The third-order valence-corrected chi connectivity index (χ3v) is 5.78. The molecule has 0 saturated carbocycles. The number of rotatable bonds is 4. The molecule has 116 valence electrons. The summed E-state index contributed by atoms with van der Waals surface area (Å²) in [6.45, 7) is 0.491. The van der Waals surface area contributed by atoms with E-state index in [9.17, 15) is 13.2 Å². The Morgan fingerprint density at radius 2 is 2.09 bits per heavy atom. The number of carbonyl (C=O) groups excluding carboxylic acids is 1. The van der Waals surface area contributed by atoms with Crippen LogP contribution in [0.2, 0.25) is 0 Å². The number of aromatic nitrogens is 1. The number of carbonyl (C=O) groups is 1. The molecule has 0 aliphatic carbocycles. The molecule has 0 spiro atoms. The Hall–Kier alpha value is -1.95.